The van der Waals surface area contributed by atoms with Gasteiger partial charge in [0.05, 0.1) is 17.2 Å². The van der Waals surface area contributed by atoms with E-state index in [-0.39, 0.29) is 29.8 Å². The molecule has 0 aliphatic heterocycles. The molecule has 0 amide bonds. The minimum Gasteiger partial charge on any atom is -0.361 e. The predicted molar refractivity (Wildman–Crippen MR) is 122 cm³/mol. The summed E-state index contributed by atoms with van der Waals surface area (Å²) in [7, 11) is 0. The van der Waals surface area contributed by atoms with Gasteiger partial charge in [-0.2, -0.15) is 0 Å². The summed E-state index contributed by atoms with van der Waals surface area (Å²) in [6.07, 6.45) is 2.73. The Morgan fingerprint density at radius 2 is 2.11 bits per heavy atom. The first-order valence-electron chi connectivity index (χ1n) is 8.77. The lowest BCUT2D eigenvalue weighted by Crippen LogP contribution is -2.38. The molecule has 0 atom stereocenters. The Labute approximate surface area is 179 Å². The summed E-state index contributed by atoms with van der Waals surface area (Å²) in [5.74, 6) is 0.570. The molecule has 0 spiro atoms. The van der Waals surface area contributed by atoms with Crippen molar-refractivity contribution in [2.75, 3.05) is 13.1 Å². The van der Waals surface area contributed by atoms with Gasteiger partial charge in [-0.25, -0.2) is 14.4 Å². The van der Waals surface area contributed by atoms with Crippen LogP contribution < -0.4 is 10.6 Å². The summed E-state index contributed by atoms with van der Waals surface area (Å²) < 4.78 is 13.5. The quantitative estimate of drug-likeness (QED) is 0.268. The number of H-pyrrole nitrogens is 1. The van der Waals surface area contributed by atoms with Crippen LogP contribution in [0.3, 0.4) is 0 Å². The van der Waals surface area contributed by atoms with Gasteiger partial charge in [-0.05, 0) is 51.0 Å². The van der Waals surface area contributed by atoms with E-state index in [1.54, 1.807) is 23.5 Å². The molecule has 0 saturated carbocycles. The van der Waals surface area contributed by atoms with Gasteiger partial charge in [0.1, 0.15) is 5.82 Å². The maximum Gasteiger partial charge on any atom is 0.191 e. The summed E-state index contributed by atoms with van der Waals surface area (Å²) in [6.45, 7) is 8.21. The van der Waals surface area contributed by atoms with Crippen LogP contribution in [0.15, 0.2) is 29.4 Å². The predicted octanol–water partition coefficient (Wildman–Crippen LogP) is 4.30. The van der Waals surface area contributed by atoms with Crippen molar-refractivity contribution in [1.29, 1.82) is 0 Å². The van der Waals surface area contributed by atoms with E-state index in [0.29, 0.717) is 6.54 Å². The van der Waals surface area contributed by atoms with Crippen molar-refractivity contribution in [3.63, 3.8) is 0 Å². The zero-order valence-electron chi connectivity index (χ0n) is 15.7. The number of fused-ring (bicyclic) bond motifs is 1. The molecule has 0 radical (unpaired) electrons. The Morgan fingerprint density at radius 1 is 1.30 bits per heavy atom. The first-order valence-corrected chi connectivity index (χ1v) is 9.59. The molecule has 3 aromatic rings. The number of halogens is 2. The SMILES string of the molecule is CCNC(=NCc1sc(C)nc1C)NCCc1c[nH]c2ccc(F)cc12.I. The van der Waals surface area contributed by atoms with Gasteiger partial charge in [-0.1, -0.05) is 0 Å². The Bertz CT molecular complexity index is 918. The number of hydrogen-bond acceptors (Lipinski definition) is 3. The smallest absolute Gasteiger partial charge is 0.191 e. The fourth-order valence-electron chi connectivity index (χ4n) is 2.89. The van der Waals surface area contributed by atoms with E-state index in [2.05, 4.69) is 25.6 Å². The second-order valence-electron chi connectivity index (χ2n) is 6.12. The van der Waals surface area contributed by atoms with Gasteiger partial charge in [0, 0.05) is 35.1 Å². The second-order valence-corrected chi connectivity index (χ2v) is 7.40. The number of aryl methyl sites for hydroxylation is 2. The van der Waals surface area contributed by atoms with Crippen LogP contribution in [-0.4, -0.2) is 29.0 Å². The molecule has 3 N–H and O–H groups in total. The highest BCUT2D eigenvalue weighted by molar-refractivity contribution is 14.0. The van der Waals surface area contributed by atoms with E-state index in [9.17, 15) is 4.39 Å². The highest BCUT2D eigenvalue weighted by Crippen LogP contribution is 2.20. The van der Waals surface area contributed by atoms with Crippen LogP contribution >= 0.6 is 35.3 Å². The number of aromatic nitrogens is 2. The van der Waals surface area contributed by atoms with Gasteiger partial charge in [-0.15, -0.1) is 35.3 Å². The van der Waals surface area contributed by atoms with Crippen LogP contribution in [0.4, 0.5) is 4.39 Å². The lowest BCUT2D eigenvalue weighted by molar-refractivity contribution is 0.629. The molecule has 0 saturated heterocycles. The van der Waals surface area contributed by atoms with Crippen LogP contribution in [0, 0.1) is 19.7 Å². The average molecular weight is 501 g/mol. The van der Waals surface area contributed by atoms with Crippen LogP contribution in [0.1, 0.15) is 28.1 Å². The summed E-state index contributed by atoms with van der Waals surface area (Å²) in [5.41, 5.74) is 3.10. The van der Waals surface area contributed by atoms with Crippen molar-refractivity contribution in [1.82, 2.24) is 20.6 Å². The zero-order chi connectivity index (χ0) is 18.5. The molecule has 5 nitrogen and oxygen atoms in total. The second kappa shape index (κ2) is 10.0. The lowest BCUT2D eigenvalue weighted by Gasteiger charge is -2.11. The molecular formula is C19H25FIN5S. The van der Waals surface area contributed by atoms with Crippen LogP contribution in [0.5, 0.6) is 0 Å². The number of benzene rings is 1. The minimum absolute atomic E-state index is 0. The van der Waals surface area contributed by atoms with Gasteiger partial charge in [0.2, 0.25) is 0 Å². The molecular weight excluding hydrogens is 476 g/mol. The maximum atomic E-state index is 13.5. The summed E-state index contributed by atoms with van der Waals surface area (Å²) in [5, 5.41) is 8.61. The normalized spacial score (nSPS) is 11.5. The number of aromatic amines is 1. The van der Waals surface area contributed by atoms with E-state index >= 15 is 0 Å². The van der Waals surface area contributed by atoms with Crippen molar-refractivity contribution in [3.05, 3.63) is 51.4 Å². The number of aliphatic imine (C=N–C) groups is 1. The first-order chi connectivity index (χ1) is 12.6. The monoisotopic (exact) mass is 501 g/mol. The standard InChI is InChI=1S/C19H24FN5S.HI/c1-4-21-19(24-11-18-12(2)25-13(3)26-18)22-8-7-14-10-23-17-6-5-15(20)9-16(14)17;/h5-6,9-10,23H,4,7-8,11H2,1-3H3,(H2,21,22,24);1H. The Morgan fingerprint density at radius 3 is 2.81 bits per heavy atom. The molecule has 8 heteroatoms. The molecule has 1 aromatic carbocycles. The highest BCUT2D eigenvalue weighted by Gasteiger charge is 2.07. The topological polar surface area (TPSA) is 65.1 Å². The van der Waals surface area contributed by atoms with Crippen LogP contribution in [-0.2, 0) is 13.0 Å². The third-order valence-corrected chi connectivity index (χ3v) is 5.20. The average Bonchev–Trinajstić information content (AvgIpc) is 3.15. The van der Waals surface area contributed by atoms with Crippen molar-refractivity contribution >= 4 is 52.2 Å². The molecule has 0 aliphatic carbocycles. The molecule has 3 rings (SSSR count). The minimum atomic E-state index is -0.212. The maximum absolute atomic E-state index is 13.5. The number of nitrogens with one attached hydrogen (secondary N) is 3. The number of guanidine groups is 1. The molecule has 2 heterocycles. The number of rotatable bonds is 6. The number of nitrogens with zero attached hydrogens (tertiary/aromatic N) is 2. The van der Waals surface area contributed by atoms with Gasteiger partial charge in [-0.3, -0.25) is 0 Å². The van der Waals surface area contributed by atoms with Gasteiger partial charge < -0.3 is 15.6 Å². The van der Waals surface area contributed by atoms with Crippen molar-refractivity contribution in [2.24, 2.45) is 4.99 Å². The van der Waals surface area contributed by atoms with Gasteiger partial charge >= 0.3 is 0 Å². The first kappa shape index (κ1) is 21.6. The highest BCUT2D eigenvalue weighted by atomic mass is 127. The Balaban J connectivity index is 0.00000261. The largest absolute Gasteiger partial charge is 0.361 e. The van der Waals surface area contributed by atoms with E-state index < -0.39 is 0 Å². The van der Waals surface area contributed by atoms with E-state index in [1.807, 2.05) is 27.0 Å². The molecule has 146 valence electrons. The number of thiazole rings is 1. The number of hydrogen-bond donors (Lipinski definition) is 3. The van der Waals surface area contributed by atoms with Crippen molar-refractivity contribution in [3.8, 4) is 0 Å². The summed E-state index contributed by atoms with van der Waals surface area (Å²) >= 11 is 1.69. The summed E-state index contributed by atoms with van der Waals surface area (Å²) in [4.78, 5) is 13.5. The van der Waals surface area contributed by atoms with Crippen molar-refractivity contribution < 1.29 is 4.39 Å². The van der Waals surface area contributed by atoms with Crippen molar-refractivity contribution in [2.45, 2.75) is 33.7 Å². The van der Waals surface area contributed by atoms with Crippen LogP contribution in [0.25, 0.3) is 10.9 Å². The summed E-state index contributed by atoms with van der Waals surface area (Å²) in [6, 6.07) is 4.82. The zero-order valence-corrected chi connectivity index (χ0v) is 18.9. The van der Waals surface area contributed by atoms with Gasteiger partial charge in [0.25, 0.3) is 0 Å². The fraction of sp³-hybridized carbons (Fsp3) is 0.368. The molecule has 0 aliphatic rings. The fourth-order valence-corrected chi connectivity index (χ4v) is 3.75. The van der Waals surface area contributed by atoms with Crippen LogP contribution in [0.2, 0.25) is 0 Å². The van der Waals surface area contributed by atoms with Gasteiger partial charge in [0.15, 0.2) is 5.96 Å². The molecule has 0 unspecified atom stereocenters. The molecule has 2 aromatic heterocycles. The Hall–Kier alpha value is -1.68. The van der Waals surface area contributed by atoms with E-state index in [0.717, 1.165) is 52.6 Å². The third-order valence-electron chi connectivity index (χ3n) is 4.14. The van der Waals surface area contributed by atoms with E-state index in [4.69, 9.17) is 0 Å². The molecule has 0 fully saturated rings. The molecule has 0 bridgehead atoms. The third kappa shape index (κ3) is 5.65. The molecule has 27 heavy (non-hydrogen) atoms. The van der Waals surface area contributed by atoms with E-state index in [1.165, 1.54) is 10.9 Å². The lowest BCUT2D eigenvalue weighted by atomic mass is 10.1. The Kier molecular flexibility index (Phi) is 8.03.